The Bertz CT molecular complexity index is 336. The summed E-state index contributed by atoms with van der Waals surface area (Å²) in [4.78, 5) is 0. The Morgan fingerprint density at radius 2 is 2.21 bits per heavy atom. The van der Waals surface area contributed by atoms with Gasteiger partial charge in [-0.15, -0.1) is 0 Å². The van der Waals surface area contributed by atoms with E-state index in [4.69, 9.17) is 9.47 Å². The third-order valence-electron chi connectivity index (χ3n) is 2.25. The van der Waals surface area contributed by atoms with Crippen molar-refractivity contribution in [1.82, 2.24) is 0 Å². The number of hydrogen-bond donors (Lipinski definition) is 0. The molecule has 76 valence electrons. The molecule has 1 aliphatic rings. The molecule has 0 N–H and O–H groups in total. The zero-order valence-electron chi connectivity index (χ0n) is 7.72. The first-order chi connectivity index (χ1) is 6.65. The quantitative estimate of drug-likeness (QED) is 0.693. The number of rotatable bonds is 1. The van der Waals surface area contributed by atoms with Gasteiger partial charge in [0.05, 0.1) is 20.1 Å². The average molecular weight is 200 g/mol. The Morgan fingerprint density at radius 1 is 1.43 bits per heavy atom. The minimum absolute atomic E-state index is 0.0488. The number of alkyl halides is 2. The van der Waals surface area contributed by atoms with Gasteiger partial charge < -0.3 is 9.47 Å². The highest BCUT2D eigenvalue weighted by molar-refractivity contribution is 5.48. The second kappa shape index (κ2) is 3.12. The van der Waals surface area contributed by atoms with Gasteiger partial charge >= 0.3 is 0 Å². The highest BCUT2D eigenvalue weighted by Crippen LogP contribution is 2.46. The monoisotopic (exact) mass is 200 g/mol. The van der Waals surface area contributed by atoms with Crippen LogP contribution in [0, 0.1) is 0 Å². The smallest absolute Gasteiger partial charge is 0.283 e. The molecule has 0 spiro atoms. The molecule has 0 radical (unpaired) electrons. The molecule has 2 nitrogen and oxygen atoms in total. The van der Waals surface area contributed by atoms with Gasteiger partial charge in [0, 0.05) is 0 Å². The molecule has 0 saturated carbocycles. The van der Waals surface area contributed by atoms with E-state index in [0.717, 1.165) is 0 Å². The van der Waals surface area contributed by atoms with Gasteiger partial charge in [0.1, 0.15) is 17.1 Å². The van der Waals surface area contributed by atoms with E-state index >= 15 is 0 Å². The molecular weight excluding hydrogens is 190 g/mol. The first-order valence-corrected chi connectivity index (χ1v) is 4.33. The highest BCUT2D eigenvalue weighted by Gasteiger charge is 2.40. The van der Waals surface area contributed by atoms with E-state index in [1.165, 1.54) is 19.2 Å². The lowest BCUT2D eigenvalue weighted by atomic mass is 10.0. The Morgan fingerprint density at radius 3 is 2.93 bits per heavy atom. The minimum Gasteiger partial charge on any atom is -0.496 e. The summed E-state index contributed by atoms with van der Waals surface area (Å²) in [6.07, 6.45) is -0.291. The summed E-state index contributed by atoms with van der Waals surface area (Å²) in [5, 5.41) is 0. The van der Waals surface area contributed by atoms with Gasteiger partial charge in [-0.3, -0.25) is 0 Å². The molecule has 0 atom stereocenters. The molecule has 0 aromatic heterocycles. The van der Waals surface area contributed by atoms with Gasteiger partial charge in [-0.2, -0.15) is 0 Å². The van der Waals surface area contributed by atoms with Crippen LogP contribution in [0.4, 0.5) is 8.78 Å². The summed E-state index contributed by atoms with van der Waals surface area (Å²) in [5.74, 6) is -2.44. The fraction of sp³-hybridized carbons (Fsp3) is 0.400. The van der Waals surface area contributed by atoms with Crippen molar-refractivity contribution >= 4 is 0 Å². The van der Waals surface area contributed by atoms with Crippen molar-refractivity contribution in [3.63, 3.8) is 0 Å². The van der Waals surface area contributed by atoms with Crippen molar-refractivity contribution in [3.8, 4) is 11.5 Å². The largest absolute Gasteiger partial charge is 0.496 e. The topological polar surface area (TPSA) is 18.5 Å². The van der Waals surface area contributed by atoms with E-state index in [9.17, 15) is 8.78 Å². The lowest BCUT2D eigenvalue weighted by molar-refractivity contribution is -0.0424. The van der Waals surface area contributed by atoms with E-state index in [0.29, 0.717) is 0 Å². The summed E-state index contributed by atoms with van der Waals surface area (Å²) in [6, 6.07) is 4.69. The summed E-state index contributed by atoms with van der Waals surface area (Å²) in [7, 11) is 1.38. The SMILES string of the molecule is COc1cccc2c1C(F)(F)CCO2. The van der Waals surface area contributed by atoms with Crippen LogP contribution < -0.4 is 9.47 Å². The van der Waals surface area contributed by atoms with E-state index in [1.54, 1.807) is 6.07 Å². The van der Waals surface area contributed by atoms with Crippen molar-refractivity contribution in [2.24, 2.45) is 0 Å². The molecule has 1 heterocycles. The molecule has 0 aliphatic carbocycles. The third kappa shape index (κ3) is 1.31. The third-order valence-corrected chi connectivity index (χ3v) is 2.25. The van der Waals surface area contributed by atoms with Crippen LogP contribution in [0.15, 0.2) is 18.2 Å². The fourth-order valence-electron chi connectivity index (χ4n) is 1.58. The molecule has 0 bridgehead atoms. The van der Waals surface area contributed by atoms with Gasteiger partial charge in [-0.05, 0) is 12.1 Å². The molecular formula is C10H10F2O2. The Hall–Kier alpha value is -1.32. The maximum Gasteiger partial charge on any atom is 0.283 e. The molecule has 1 aliphatic heterocycles. The predicted octanol–water partition coefficient (Wildman–Crippen LogP) is 2.57. The molecule has 2 rings (SSSR count). The number of fused-ring (bicyclic) bond motifs is 1. The lowest BCUT2D eigenvalue weighted by Crippen LogP contribution is -2.24. The maximum absolute atomic E-state index is 13.5. The standard InChI is InChI=1S/C10H10F2O2/c1-13-7-3-2-4-8-9(7)10(11,12)5-6-14-8/h2-4H,5-6H2,1H3. The number of methoxy groups -OCH3 is 1. The first-order valence-electron chi connectivity index (χ1n) is 4.33. The van der Waals surface area contributed by atoms with Crippen LogP contribution in [0.3, 0.4) is 0 Å². The summed E-state index contributed by atoms with van der Waals surface area (Å²) < 4.78 is 37.0. The molecule has 4 heteroatoms. The minimum atomic E-state index is -2.85. The van der Waals surface area contributed by atoms with Crippen LogP contribution in [-0.2, 0) is 5.92 Å². The predicted molar refractivity (Wildman–Crippen MR) is 47.0 cm³/mol. The molecule has 0 saturated heterocycles. The fourth-order valence-corrected chi connectivity index (χ4v) is 1.58. The summed E-state index contributed by atoms with van der Waals surface area (Å²) >= 11 is 0. The zero-order chi connectivity index (χ0) is 10.2. The molecule has 0 fully saturated rings. The molecule has 0 amide bonds. The van der Waals surface area contributed by atoms with Crippen molar-refractivity contribution in [3.05, 3.63) is 23.8 Å². The average Bonchev–Trinajstić information content (AvgIpc) is 2.16. The molecule has 1 aromatic rings. The van der Waals surface area contributed by atoms with E-state index < -0.39 is 5.92 Å². The Labute approximate surface area is 80.4 Å². The Kier molecular flexibility index (Phi) is 2.06. The molecule has 14 heavy (non-hydrogen) atoms. The van der Waals surface area contributed by atoms with Crippen LogP contribution in [-0.4, -0.2) is 13.7 Å². The van der Waals surface area contributed by atoms with Crippen LogP contribution in [0.2, 0.25) is 0 Å². The lowest BCUT2D eigenvalue weighted by Gasteiger charge is -2.26. The van der Waals surface area contributed by atoms with E-state index in [-0.39, 0.29) is 30.1 Å². The second-order valence-electron chi connectivity index (χ2n) is 3.14. The van der Waals surface area contributed by atoms with Gasteiger partial charge in [0.25, 0.3) is 5.92 Å². The molecule has 0 unspecified atom stereocenters. The van der Waals surface area contributed by atoms with Gasteiger partial charge in [0.15, 0.2) is 0 Å². The summed E-state index contributed by atoms with van der Waals surface area (Å²) in [6.45, 7) is 0.0488. The molecule has 1 aromatic carbocycles. The first kappa shape index (κ1) is 9.24. The van der Waals surface area contributed by atoms with Crippen molar-refractivity contribution in [2.75, 3.05) is 13.7 Å². The van der Waals surface area contributed by atoms with Crippen LogP contribution in [0.5, 0.6) is 11.5 Å². The zero-order valence-corrected chi connectivity index (χ0v) is 7.72. The van der Waals surface area contributed by atoms with Gasteiger partial charge in [-0.1, -0.05) is 6.07 Å². The number of benzene rings is 1. The van der Waals surface area contributed by atoms with Crippen LogP contribution in [0.25, 0.3) is 0 Å². The number of ether oxygens (including phenoxy) is 2. The summed E-state index contributed by atoms with van der Waals surface area (Å²) in [5.41, 5.74) is -0.131. The van der Waals surface area contributed by atoms with Crippen LogP contribution >= 0.6 is 0 Å². The number of hydrogen-bond acceptors (Lipinski definition) is 2. The second-order valence-corrected chi connectivity index (χ2v) is 3.14. The maximum atomic E-state index is 13.5. The van der Waals surface area contributed by atoms with E-state index in [2.05, 4.69) is 0 Å². The van der Waals surface area contributed by atoms with Crippen molar-refractivity contribution in [2.45, 2.75) is 12.3 Å². The van der Waals surface area contributed by atoms with Gasteiger partial charge in [-0.25, -0.2) is 8.78 Å². The van der Waals surface area contributed by atoms with E-state index in [1.807, 2.05) is 0 Å². The van der Waals surface area contributed by atoms with Gasteiger partial charge in [0.2, 0.25) is 0 Å². The Balaban J connectivity index is 2.58. The van der Waals surface area contributed by atoms with Crippen molar-refractivity contribution in [1.29, 1.82) is 0 Å². The normalized spacial score (nSPS) is 18.2. The number of halogens is 2. The van der Waals surface area contributed by atoms with Crippen LogP contribution in [0.1, 0.15) is 12.0 Å². The van der Waals surface area contributed by atoms with Crippen molar-refractivity contribution < 1.29 is 18.3 Å². The highest BCUT2D eigenvalue weighted by atomic mass is 19.3.